The summed E-state index contributed by atoms with van der Waals surface area (Å²) >= 11 is 9.68. The molecule has 0 saturated carbocycles. The van der Waals surface area contributed by atoms with Gasteiger partial charge in [-0.1, -0.05) is 31.5 Å². The number of anilines is 1. The number of aryl methyl sites for hydroxylation is 1. The topological polar surface area (TPSA) is 55.7 Å². The van der Waals surface area contributed by atoms with E-state index in [2.05, 4.69) is 42.3 Å². The van der Waals surface area contributed by atoms with Gasteiger partial charge in [0.1, 0.15) is 0 Å². The van der Waals surface area contributed by atoms with E-state index < -0.39 is 0 Å². The van der Waals surface area contributed by atoms with Crippen LogP contribution in [0.4, 0.5) is 5.13 Å². The predicted octanol–water partition coefficient (Wildman–Crippen LogP) is 6.71. The van der Waals surface area contributed by atoms with Crippen molar-refractivity contribution in [1.82, 2.24) is 4.98 Å². The SMILES string of the molecule is CCOc1cc(/C=N\Nc2nc(-c3cccs3)c(C)s2)cc(Cl)c1OCC(C)C. The van der Waals surface area contributed by atoms with Gasteiger partial charge in [-0.05, 0) is 48.9 Å². The lowest BCUT2D eigenvalue weighted by molar-refractivity contribution is 0.248. The van der Waals surface area contributed by atoms with E-state index in [4.69, 9.17) is 21.1 Å². The summed E-state index contributed by atoms with van der Waals surface area (Å²) in [5, 5.41) is 7.61. The summed E-state index contributed by atoms with van der Waals surface area (Å²) in [4.78, 5) is 6.94. The summed E-state index contributed by atoms with van der Waals surface area (Å²) in [6.45, 7) is 9.27. The number of nitrogens with one attached hydrogen (secondary N) is 1. The summed E-state index contributed by atoms with van der Waals surface area (Å²) in [5.74, 6) is 1.59. The van der Waals surface area contributed by atoms with Gasteiger partial charge in [-0.2, -0.15) is 5.10 Å². The van der Waals surface area contributed by atoms with E-state index in [0.717, 1.165) is 26.1 Å². The molecule has 1 aromatic carbocycles. The number of nitrogens with zero attached hydrogens (tertiary/aromatic N) is 2. The third kappa shape index (κ3) is 5.72. The molecule has 0 unspecified atom stereocenters. The maximum absolute atomic E-state index is 6.43. The Bertz CT molecular complexity index is 969. The molecule has 154 valence electrons. The Morgan fingerprint density at radius 1 is 1.31 bits per heavy atom. The molecule has 0 radical (unpaired) electrons. The molecule has 0 aliphatic carbocycles. The third-order valence-electron chi connectivity index (χ3n) is 3.82. The number of hydrazone groups is 1. The Labute approximate surface area is 184 Å². The molecule has 3 aromatic rings. The number of ether oxygens (including phenoxy) is 2. The van der Waals surface area contributed by atoms with Gasteiger partial charge in [0, 0.05) is 4.88 Å². The van der Waals surface area contributed by atoms with Crippen LogP contribution in [0.25, 0.3) is 10.6 Å². The number of halogens is 1. The zero-order valence-electron chi connectivity index (χ0n) is 16.9. The second-order valence-electron chi connectivity index (χ2n) is 6.74. The van der Waals surface area contributed by atoms with Crippen molar-refractivity contribution in [2.75, 3.05) is 18.6 Å². The Balaban J connectivity index is 1.74. The predicted molar refractivity (Wildman–Crippen MR) is 124 cm³/mol. The van der Waals surface area contributed by atoms with Crippen LogP contribution in [-0.4, -0.2) is 24.4 Å². The first-order valence-corrected chi connectivity index (χ1v) is 11.4. The van der Waals surface area contributed by atoms with Gasteiger partial charge >= 0.3 is 0 Å². The first kappa shape index (κ1) is 21.6. The second kappa shape index (κ2) is 10.1. The lowest BCUT2D eigenvalue weighted by Gasteiger charge is -2.15. The lowest BCUT2D eigenvalue weighted by Crippen LogP contribution is -2.07. The van der Waals surface area contributed by atoms with Gasteiger partial charge in [0.25, 0.3) is 0 Å². The molecular formula is C21H24ClN3O2S2. The third-order valence-corrected chi connectivity index (χ3v) is 5.85. The van der Waals surface area contributed by atoms with Crippen molar-refractivity contribution in [2.24, 2.45) is 11.0 Å². The van der Waals surface area contributed by atoms with Gasteiger partial charge in [-0.25, -0.2) is 4.98 Å². The minimum Gasteiger partial charge on any atom is -0.490 e. The van der Waals surface area contributed by atoms with Crippen molar-refractivity contribution in [2.45, 2.75) is 27.7 Å². The molecule has 0 amide bonds. The van der Waals surface area contributed by atoms with Crippen LogP contribution in [0, 0.1) is 12.8 Å². The molecule has 0 aliphatic rings. The van der Waals surface area contributed by atoms with E-state index in [9.17, 15) is 0 Å². The average Bonchev–Trinajstić information content (AvgIpc) is 3.30. The number of benzene rings is 1. The van der Waals surface area contributed by atoms with Crippen molar-refractivity contribution in [1.29, 1.82) is 0 Å². The second-order valence-corrected chi connectivity index (χ2v) is 9.30. The number of hydrogen-bond acceptors (Lipinski definition) is 7. The van der Waals surface area contributed by atoms with Crippen molar-refractivity contribution in [3.63, 3.8) is 0 Å². The van der Waals surface area contributed by atoms with Crippen LogP contribution >= 0.6 is 34.3 Å². The molecule has 1 N–H and O–H groups in total. The molecular weight excluding hydrogens is 426 g/mol. The Kier molecular flexibility index (Phi) is 7.52. The fourth-order valence-corrected chi connectivity index (χ4v) is 4.45. The zero-order valence-corrected chi connectivity index (χ0v) is 19.2. The van der Waals surface area contributed by atoms with Crippen LogP contribution in [0.3, 0.4) is 0 Å². The summed E-state index contributed by atoms with van der Waals surface area (Å²) in [5.41, 5.74) is 4.82. The molecule has 3 rings (SSSR count). The van der Waals surface area contributed by atoms with Gasteiger partial charge in [-0.15, -0.1) is 22.7 Å². The van der Waals surface area contributed by atoms with Gasteiger partial charge < -0.3 is 9.47 Å². The van der Waals surface area contributed by atoms with Crippen LogP contribution < -0.4 is 14.9 Å². The Morgan fingerprint density at radius 2 is 2.14 bits per heavy atom. The van der Waals surface area contributed by atoms with Crippen molar-refractivity contribution < 1.29 is 9.47 Å². The van der Waals surface area contributed by atoms with Crippen LogP contribution in [0.15, 0.2) is 34.7 Å². The highest BCUT2D eigenvalue weighted by molar-refractivity contribution is 7.17. The molecule has 0 aliphatic heterocycles. The van der Waals surface area contributed by atoms with Crippen molar-refractivity contribution in [3.05, 3.63) is 45.1 Å². The fraction of sp³-hybridized carbons (Fsp3) is 0.333. The van der Waals surface area contributed by atoms with E-state index in [1.54, 1.807) is 28.9 Å². The summed E-state index contributed by atoms with van der Waals surface area (Å²) in [6.07, 6.45) is 1.70. The van der Waals surface area contributed by atoms with Crippen molar-refractivity contribution >= 4 is 45.6 Å². The van der Waals surface area contributed by atoms with Gasteiger partial charge in [0.15, 0.2) is 11.5 Å². The number of thiazole rings is 1. The molecule has 0 atom stereocenters. The molecule has 2 heterocycles. The number of hydrogen-bond donors (Lipinski definition) is 1. The molecule has 8 heteroatoms. The van der Waals surface area contributed by atoms with E-state index >= 15 is 0 Å². The van der Waals surface area contributed by atoms with Crippen molar-refractivity contribution in [3.8, 4) is 22.1 Å². The van der Waals surface area contributed by atoms with Gasteiger partial charge in [0.05, 0.1) is 35.0 Å². The fourth-order valence-electron chi connectivity index (χ4n) is 2.56. The molecule has 2 aromatic heterocycles. The molecule has 5 nitrogen and oxygen atoms in total. The minimum absolute atomic E-state index is 0.395. The largest absolute Gasteiger partial charge is 0.490 e. The van der Waals surface area contributed by atoms with Gasteiger partial charge in [0.2, 0.25) is 5.13 Å². The molecule has 29 heavy (non-hydrogen) atoms. The smallest absolute Gasteiger partial charge is 0.204 e. The van der Waals surface area contributed by atoms with E-state index in [1.807, 2.05) is 30.5 Å². The van der Waals surface area contributed by atoms with Crippen LogP contribution in [0.5, 0.6) is 11.5 Å². The summed E-state index contributed by atoms with van der Waals surface area (Å²) < 4.78 is 11.6. The summed E-state index contributed by atoms with van der Waals surface area (Å²) in [7, 11) is 0. The highest BCUT2D eigenvalue weighted by atomic mass is 35.5. The number of thiophene rings is 1. The molecule has 0 spiro atoms. The monoisotopic (exact) mass is 449 g/mol. The van der Waals surface area contributed by atoms with E-state index in [1.165, 1.54) is 0 Å². The Morgan fingerprint density at radius 3 is 2.83 bits per heavy atom. The molecule has 0 saturated heterocycles. The number of rotatable bonds is 9. The average molecular weight is 450 g/mol. The highest BCUT2D eigenvalue weighted by Gasteiger charge is 2.13. The first-order chi connectivity index (χ1) is 14.0. The zero-order chi connectivity index (χ0) is 20.8. The number of aromatic nitrogens is 1. The van der Waals surface area contributed by atoms with Crippen LogP contribution in [0.1, 0.15) is 31.2 Å². The normalized spacial score (nSPS) is 11.4. The van der Waals surface area contributed by atoms with E-state index in [-0.39, 0.29) is 0 Å². The lowest BCUT2D eigenvalue weighted by atomic mass is 10.2. The molecule has 0 fully saturated rings. The maximum Gasteiger partial charge on any atom is 0.204 e. The van der Waals surface area contributed by atoms with Crippen LogP contribution in [0.2, 0.25) is 5.02 Å². The first-order valence-electron chi connectivity index (χ1n) is 9.37. The van der Waals surface area contributed by atoms with Gasteiger partial charge in [-0.3, -0.25) is 5.43 Å². The minimum atomic E-state index is 0.395. The van der Waals surface area contributed by atoms with E-state index in [0.29, 0.717) is 35.7 Å². The highest BCUT2D eigenvalue weighted by Crippen LogP contribution is 2.37. The quantitative estimate of drug-likeness (QED) is 0.291. The maximum atomic E-state index is 6.43. The molecule has 0 bridgehead atoms. The standard InChI is InChI=1S/C21H24ClN3O2S2/c1-5-26-17-10-15(9-16(22)20(17)27-12-13(2)3)11-23-25-21-24-19(14(4)29-21)18-7-6-8-28-18/h6-11,13H,5,12H2,1-4H3,(H,24,25)/b23-11-. The Hall–Kier alpha value is -2.09. The van der Waals surface area contributed by atoms with Crippen LogP contribution in [-0.2, 0) is 0 Å². The summed E-state index contributed by atoms with van der Waals surface area (Å²) in [6, 6.07) is 7.79.